The number of carboxylic acid groups (broad SMARTS) is 1. The van der Waals surface area contributed by atoms with E-state index < -0.39 is 24.6 Å². The molecule has 10 heteroatoms. The number of aliphatic hydroxyl groups is 2. The molecule has 2 rings (SSSR count). The van der Waals surface area contributed by atoms with E-state index in [-0.39, 0.29) is 23.7 Å². The normalized spacial score (nSPS) is 13.4. The predicted molar refractivity (Wildman–Crippen MR) is 139 cm³/mol. The lowest BCUT2D eigenvalue weighted by Gasteiger charge is -2.18. The molecule has 1 aromatic carbocycles. The van der Waals surface area contributed by atoms with Crippen LogP contribution < -0.4 is 10.0 Å². The van der Waals surface area contributed by atoms with Crippen molar-refractivity contribution in [1.29, 1.82) is 0 Å². The predicted octanol–water partition coefficient (Wildman–Crippen LogP) is 3.31. The van der Waals surface area contributed by atoms with Crippen molar-refractivity contribution in [3.8, 4) is 11.3 Å². The molecule has 194 valence electrons. The second-order valence-corrected chi connectivity index (χ2v) is 10.4. The Morgan fingerprint density at radius 2 is 1.74 bits per heavy atom. The summed E-state index contributed by atoms with van der Waals surface area (Å²) in [5.41, 5.74) is 6.57. The van der Waals surface area contributed by atoms with Gasteiger partial charge in [-0.2, -0.15) is 0 Å². The molecule has 35 heavy (non-hydrogen) atoms. The number of halogens is 1. The van der Waals surface area contributed by atoms with Crippen LogP contribution in [-0.4, -0.2) is 56.1 Å². The van der Waals surface area contributed by atoms with Gasteiger partial charge in [-0.25, -0.2) is 14.4 Å². The molecule has 2 unspecified atom stereocenters. The van der Waals surface area contributed by atoms with Gasteiger partial charge in [-0.15, -0.1) is 0 Å². The number of carbonyl (C=O) groups is 1. The average Bonchev–Trinajstić information content (AvgIpc) is 2.70. The average molecular weight is 510 g/mol. The highest BCUT2D eigenvalue weighted by atomic mass is 32.1. The molecule has 0 saturated heterocycles. The van der Waals surface area contributed by atoms with Crippen LogP contribution in [0.1, 0.15) is 64.6 Å². The van der Waals surface area contributed by atoms with Crippen molar-refractivity contribution in [2.75, 3.05) is 11.4 Å². The van der Waals surface area contributed by atoms with Crippen molar-refractivity contribution < 1.29 is 30.2 Å². The molecule has 0 spiro atoms. The van der Waals surface area contributed by atoms with Crippen LogP contribution in [0.15, 0.2) is 30.3 Å². The molecule has 0 aliphatic rings. The third-order valence-electron chi connectivity index (χ3n) is 4.33. The van der Waals surface area contributed by atoms with E-state index in [9.17, 15) is 19.4 Å². The fourth-order valence-corrected chi connectivity index (χ4v) is 2.99. The van der Waals surface area contributed by atoms with E-state index in [1.54, 1.807) is 25.3 Å². The van der Waals surface area contributed by atoms with E-state index in [0.717, 1.165) is 0 Å². The highest BCUT2D eigenvalue weighted by Crippen LogP contribution is 2.31. The largest absolute Gasteiger partial charge is 0.481 e. The molecular formula is C25H38FN4O4S+. The van der Waals surface area contributed by atoms with Gasteiger partial charge in [-0.1, -0.05) is 38.8 Å². The van der Waals surface area contributed by atoms with Crippen LogP contribution in [0.4, 0.5) is 10.3 Å². The van der Waals surface area contributed by atoms with Crippen LogP contribution in [-0.2, 0) is 4.79 Å². The van der Waals surface area contributed by atoms with Gasteiger partial charge < -0.3 is 21.1 Å². The summed E-state index contributed by atoms with van der Waals surface area (Å²) in [4.78, 5) is 19.8. The molecule has 1 aromatic heterocycles. The fraction of sp³-hybridized carbons (Fsp3) is 0.480. The molecule has 2 atom stereocenters. The van der Waals surface area contributed by atoms with Gasteiger partial charge in [0.1, 0.15) is 5.82 Å². The number of aliphatic carboxylic acids is 1. The van der Waals surface area contributed by atoms with Crippen LogP contribution in [0.5, 0.6) is 0 Å². The van der Waals surface area contributed by atoms with Crippen LogP contribution in [0.25, 0.3) is 17.3 Å². The summed E-state index contributed by atoms with van der Waals surface area (Å²) < 4.78 is 14.9. The van der Waals surface area contributed by atoms with E-state index in [2.05, 4.69) is 49.3 Å². The number of aromatic nitrogens is 2. The highest BCUT2D eigenvalue weighted by Gasteiger charge is 2.19. The third kappa shape index (κ3) is 11.6. The Morgan fingerprint density at radius 1 is 1.20 bits per heavy atom. The molecule has 1 heterocycles. The van der Waals surface area contributed by atoms with Crippen LogP contribution in [0.2, 0.25) is 0 Å². The van der Waals surface area contributed by atoms with Gasteiger partial charge in [0.25, 0.3) is 0 Å². The van der Waals surface area contributed by atoms with Crippen molar-refractivity contribution in [2.45, 2.75) is 71.1 Å². The summed E-state index contributed by atoms with van der Waals surface area (Å²) >= 11 is 4.28. The zero-order chi connectivity index (χ0) is 26.9. The van der Waals surface area contributed by atoms with E-state index >= 15 is 0 Å². The minimum absolute atomic E-state index is 0.00799. The maximum atomic E-state index is 13.4. The van der Waals surface area contributed by atoms with Crippen LogP contribution in [0.3, 0.4) is 0 Å². The van der Waals surface area contributed by atoms with Crippen LogP contribution >= 0.6 is 12.8 Å². The van der Waals surface area contributed by atoms with Crippen molar-refractivity contribution in [1.82, 2.24) is 9.97 Å². The first-order valence-electron chi connectivity index (χ1n) is 11.3. The molecule has 6 N–H and O–H groups in total. The molecular weight excluding hydrogens is 471 g/mol. The zero-order valence-corrected chi connectivity index (χ0v) is 22.1. The van der Waals surface area contributed by atoms with E-state index in [1.807, 2.05) is 13.8 Å². The minimum Gasteiger partial charge on any atom is -0.481 e. The monoisotopic (exact) mass is 509 g/mol. The number of quaternary nitrogens is 1. The first kappa shape index (κ1) is 30.5. The van der Waals surface area contributed by atoms with Crippen LogP contribution in [0, 0.1) is 5.82 Å². The third-order valence-corrected chi connectivity index (χ3v) is 4.51. The second-order valence-electron chi connectivity index (χ2n) is 9.83. The number of aliphatic hydroxyl groups excluding tert-OH is 2. The minimum atomic E-state index is -1.17. The topological polar surface area (TPSA) is 134 Å². The highest BCUT2D eigenvalue weighted by molar-refractivity contribution is 7.81. The fourth-order valence-electron chi connectivity index (χ4n) is 2.90. The summed E-state index contributed by atoms with van der Waals surface area (Å²) in [5, 5.41) is 28.7. The maximum Gasteiger partial charge on any atom is 0.305 e. The molecule has 0 fully saturated rings. The molecule has 0 saturated carbocycles. The number of hydrogen-bond acceptors (Lipinski definition) is 7. The molecule has 0 aliphatic heterocycles. The van der Waals surface area contributed by atoms with Gasteiger partial charge in [0.05, 0.1) is 35.6 Å². The standard InChI is InChI=1S/C21H26FN3O4S.C4H11N/c1-12(2)19-17(9-8-15(26)10-16(27)11-18(28)29)20(24-21(23-19)25(3)30)13-4-6-14(22)7-5-13;1-4(2,3)5/h4-9,12,15-16,26-27,30H,10-11H2,1-3H3,(H,28,29);5H2,1-3H3/p+1/b9-8+;. The van der Waals surface area contributed by atoms with Gasteiger partial charge in [0.15, 0.2) is 0 Å². The van der Waals surface area contributed by atoms with Crippen molar-refractivity contribution in [3.05, 3.63) is 47.4 Å². The SMILES string of the molecule is CC(C)(C)[NH3+].CC(C)c1nc(N(C)S)nc(-c2ccc(F)cc2)c1/C=C/C(O)CC(O)CC(=O)O. The Morgan fingerprint density at radius 3 is 2.20 bits per heavy atom. The van der Waals surface area contributed by atoms with Crippen molar-refractivity contribution in [3.63, 3.8) is 0 Å². The van der Waals surface area contributed by atoms with E-state index in [1.165, 1.54) is 22.5 Å². The molecule has 0 amide bonds. The van der Waals surface area contributed by atoms with E-state index in [0.29, 0.717) is 28.5 Å². The smallest absolute Gasteiger partial charge is 0.305 e. The number of anilines is 1. The number of thiol groups is 1. The van der Waals surface area contributed by atoms with Gasteiger partial charge in [0, 0.05) is 24.6 Å². The first-order chi connectivity index (χ1) is 16.1. The van der Waals surface area contributed by atoms with Gasteiger partial charge >= 0.3 is 5.97 Å². The number of hydrogen-bond donors (Lipinski definition) is 5. The summed E-state index contributed by atoms with van der Waals surface area (Å²) in [6.07, 6.45) is 0.313. The lowest BCUT2D eigenvalue weighted by molar-refractivity contribution is -0.458. The molecule has 0 radical (unpaired) electrons. The molecule has 2 aromatic rings. The Bertz CT molecular complexity index is 986. The Hall–Kier alpha value is -2.53. The number of benzene rings is 1. The lowest BCUT2D eigenvalue weighted by Crippen LogP contribution is -2.67. The molecule has 0 aliphatic carbocycles. The van der Waals surface area contributed by atoms with E-state index in [4.69, 9.17) is 5.11 Å². The van der Waals surface area contributed by atoms with Gasteiger partial charge in [-0.05, 0) is 51.0 Å². The number of carboxylic acids is 1. The summed E-state index contributed by atoms with van der Waals surface area (Å²) in [6.45, 7) is 10.2. The summed E-state index contributed by atoms with van der Waals surface area (Å²) in [6, 6.07) is 5.88. The van der Waals surface area contributed by atoms with Crippen molar-refractivity contribution in [2.24, 2.45) is 0 Å². The van der Waals surface area contributed by atoms with Gasteiger partial charge in [0.2, 0.25) is 5.95 Å². The Labute approximate surface area is 212 Å². The zero-order valence-electron chi connectivity index (χ0n) is 21.2. The Balaban J connectivity index is 0.00000111. The van der Waals surface area contributed by atoms with Crippen molar-refractivity contribution >= 4 is 30.8 Å². The lowest BCUT2D eigenvalue weighted by atomic mass is 9.97. The Kier molecular flexibility index (Phi) is 11.8. The summed E-state index contributed by atoms with van der Waals surface area (Å²) in [7, 11) is 1.69. The maximum absolute atomic E-state index is 13.4. The first-order valence-corrected chi connectivity index (χ1v) is 11.7. The van der Waals surface area contributed by atoms with Gasteiger partial charge in [-0.3, -0.25) is 9.10 Å². The molecule has 0 bridgehead atoms. The second kappa shape index (κ2) is 13.5. The summed E-state index contributed by atoms with van der Waals surface area (Å²) in [5.74, 6) is -1.13. The number of rotatable bonds is 9. The number of nitrogens with zero attached hydrogens (tertiary/aromatic N) is 3. The molecule has 8 nitrogen and oxygen atoms in total. The quantitative estimate of drug-likeness (QED) is 0.327.